The van der Waals surface area contributed by atoms with E-state index < -0.39 is 11.7 Å². The Morgan fingerprint density at radius 1 is 1.59 bits per heavy atom. The molecule has 2 rings (SSSR count). The molecule has 1 aliphatic heterocycles. The Morgan fingerprint density at radius 3 is 3.06 bits per heavy atom. The first-order valence-electron chi connectivity index (χ1n) is 5.21. The van der Waals surface area contributed by atoms with Crippen molar-refractivity contribution in [2.24, 2.45) is 0 Å². The summed E-state index contributed by atoms with van der Waals surface area (Å²) >= 11 is 0. The molecule has 1 aromatic carbocycles. The summed E-state index contributed by atoms with van der Waals surface area (Å²) in [5.74, 6) is -1.51. The van der Waals surface area contributed by atoms with Gasteiger partial charge in [-0.3, -0.25) is 10.0 Å². The van der Waals surface area contributed by atoms with E-state index >= 15 is 0 Å². The van der Waals surface area contributed by atoms with Crippen LogP contribution in [0.4, 0.5) is 0 Å². The Kier molecular flexibility index (Phi) is 3.01. The zero-order valence-electron chi connectivity index (χ0n) is 9.36. The van der Waals surface area contributed by atoms with Crippen LogP contribution in [0, 0.1) is 0 Å². The second kappa shape index (κ2) is 4.33. The molecule has 1 aromatic rings. The minimum absolute atomic E-state index is 0.268. The average Bonchev–Trinajstić information content (AvgIpc) is 2.43. The van der Waals surface area contributed by atoms with Gasteiger partial charge in [0.1, 0.15) is 5.75 Å². The van der Waals surface area contributed by atoms with Gasteiger partial charge in [0.05, 0.1) is 6.54 Å². The SMILES string of the molecule is C[C@]1(O)CNCc2ccc(C(=O)NO)cc2O1. The molecule has 4 N–H and O–H groups in total. The molecular formula is C11H14N2O4. The van der Waals surface area contributed by atoms with Gasteiger partial charge >= 0.3 is 0 Å². The third kappa shape index (κ3) is 2.55. The topological polar surface area (TPSA) is 90.8 Å². The molecule has 6 nitrogen and oxygen atoms in total. The third-order valence-electron chi connectivity index (χ3n) is 2.53. The molecular weight excluding hydrogens is 224 g/mol. The maximum atomic E-state index is 11.3. The first-order valence-corrected chi connectivity index (χ1v) is 5.21. The first-order chi connectivity index (χ1) is 8.02. The summed E-state index contributed by atoms with van der Waals surface area (Å²) in [6.45, 7) is 2.38. The van der Waals surface area contributed by atoms with Crippen molar-refractivity contribution in [3.8, 4) is 5.75 Å². The fraction of sp³-hybridized carbons (Fsp3) is 0.364. The van der Waals surface area contributed by atoms with Gasteiger partial charge in [0.15, 0.2) is 0 Å². The van der Waals surface area contributed by atoms with Crippen LogP contribution in [0.1, 0.15) is 22.8 Å². The summed E-state index contributed by atoms with van der Waals surface area (Å²) < 4.78 is 5.41. The Balaban J connectivity index is 2.36. The number of nitrogens with one attached hydrogen (secondary N) is 2. The summed E-state index contributed by atoms with van der Waals surface area (Å²) in [6.07, 6.45) is 0. The normalized spacial score (nSPS) is 23.2. The molecule has 0 aromatic heterocycles. The van der Waals surface area contributed by atoms with Crippen LogP contribution in [-0.2, 0) is 6.54 Å². The van der Waals surface area contributed by atoms with Crippen molar-refractivity contribution in [2.45, 2.75) is 19.3 Å². The zero-order valence-corrected chi connectivity index (χ0v) is 9.36. The molecule has 6 heteroatoms. The largest absolute Gasteiger partial charge is 0.461 e. The van der Waals surface area contributed by atoms with Crippen LogP contribution in [0.15, 0.2) is 18.2 Å². The Labute approximate surface area is 98.2 Å². The standard InChI is InChI=1S/C11H14N2O4/c1-11(15)6-12-5-8-3-2-7(10(14)13-16)4-9(8)17-11/h2-4,12,15-16H,5-6H2,1H3,(H,13,14)/t11-/m1/s1. The van der Waals surface area contributed by atoms with Crippen LogP contribution in [0.2, 0.25) is 0 Å². The van der Waals surface area contributed by atoms with E-state index in [0.717, 1.165) is 5.56 Å². The van der Waals surface area contributed by atoms with Gasteiger partial charge in [-0.05, 0) is 12.1 Å². The number of ether oxygens (including phenoxy) is 1. The van der Waals surface area contributed by atoms with Crippen LogP contribution in [-0.4, -0.2) is 28.6 Å². The lowest BCUT2D eigenvalue weighted by Gasteiger charge is -2.22. The number of aliphatic hydroxyl groups is 1. The predicted octanol–water partition coefficient (Wildman–Crippen LogP) is -0.00390. The maximum absolute atomic E-state index is 11.3. The summed E-state index contributed by atoms with van der Waals surface area (Å²) in [5.41, 5.74) is 2.66. The molecule has 1 aliphatic rings. The quantitative estimate of drug-likeness (QED) is 0.408. The van der Waals surface area contributed by atoms with E-state index in [9.17, 15) is 9.90 Å². The summed E-state index contributed by atoms with van der Waals surface area (Å²) in [5, 5.41) is 21.4. The monoisotopic (exact) mass is 238 g/mol. The predicted molar refractivity (Wildman–Crippen MR) is 58.7 cm³/mol. The van der Waals surface area contributed by atoms with Crippen LogP contribution < -0.4 is 15.5 Å². The lowest BCUT2D eigenvalue weighted by molar-refractivity contribution is -0.115. The summed E-state index contributed by atoms with van der Waals surface area (Å²) in [6, 6.07) is 4.78. The van der Waals surface area contributed by atoms with Crippen molar-refractivity contribution in [3.05, 3.63) is 29.3 Å². The summed E-state index contributed by atoms with van der Waals surface area (Å²) in [4.78, 5) is 11.3. The smallest absolute Gasteiger partial charge is 0.274 e. The molecule has 0 unspecified atom stereocenters. The number of hydrogen-bond acceptors (Lipinski definition) is 5. The minimum atomic E-state index is -1.32. The highest BCUT2D eigenvalue weighted by atomic mass is 16.6. The van der Waals surface area contributed by atoms with Gasteiger partial charge in [-0.1, -0.05) is 6.07 Å². The Bertz CT molecular complexity index is 445. The van der Waals surface area contributed by atoms with Gasteiger partial charge in [0.2, 0.25) is 5.79 Å². The molecule has 1 heterocycles. The average molecular weight is 238 g/mol. The van der Waals surface area contributed by atoms with Gasteiger partial charge in [-0.2, -0.15) is 0 Å². The number of hydrogen-bond donors (Lipinski definition) is 4. The molecule has 1 amide bonds. The Morgan fingerprint density at radius 2 is 2.35 bits per heavy atom. The van der Waals surface area contributed by atoms with E-state index in [2.05, 4.69) is 5.32 Å². The number of carbonyl (C=O) groups is 1. The molecule has 92 valence electrons. The van der Waals surface area contributed by atoms with Crippen LogP contribution in [0.3, 0.4) is 0 Å². The molecule has 0 fully saturated rings. The van der Waals surface area contributed by atoms with Gasteiger partial charge in [-0.25, -0.2) is 5.48 Å². The minimum Gasteiger partial charge on any atom is -0.461 e. The number of fused-ring (bicyclic) bond motifs is 1. The van der Waals surface area contributed by atoms with Crippen molar-refractivity contribution in [2.75, 3.05) is 6.54 Å². The van der Waals surface area contributed by atoms with Crippen LogP contribution >= 0.6 is 0 Å². The van der Waals surface area contributed by atoms with Crippen molar-refractivity contribution in [1.82, 2.24) is 10.8 Å². The molecule has 0 saturated heterocycles. The highest BCUT2D eigenvalue weighted by molar-refractivity contribution is 5.93. The highest BCUT2D eigenvalue weighted by Crippen LogP contribution is 2.26. The van der Waals surface area contributed by atoms with Gasteiger partial charge < -0.3 is 15.2 Å². The molecule has 0 spiro atoms. The zero-order chi connectivity index (χ0) is 12.5. The number of benzene rings is 1. The van der Waals surface area contributed by atoms with Crippen molar-refractivity contribution in [3.63, 3.8) is 0 Å². The number of hydroxylamine groups is 1. The van der Waals surface area contributed by atoms with E-state index in [1.807, 2.05) is 0 Å². The molecule has 1 atom stereocenters. The Hall–Kier alpha value is -1.63. The van der Waals surface area contributed by atoms with Crippen LogP contribution in [0.25, 0.3) is 0 Å². The summed E-state index contributed by atoms with van der Waals surface area (Å²) in [7, 11) is 0. The lowest BCUT2D eigenvalue weighted by Crippen LogP contribution is -2.40. The van der Waals surface area contributed by atoms with E-state index in [-0.39, 0.29) is 5.56 Å². The van der Waals surface area contributed by atoms with E-state index in [1.165, 1.54) is 13.0 Å². The molecule has 0 saturated carbocycles. The van der Waals surface area contributed by atoms with E-state index in [0.29, 0.717) is 18.8 Å². The van der Waals surface area contributed by atoms with Crippen molar-refractivity contribution < 1.29 is 19.8 Å². The molecule has 0 aliphatic carbocycles. The number of rotatable bonds is 1. The molecule has 17 heavy (non-hydrogen) atoms. The fourth-order valence-electron chi connectivity index (χ4n) is 1.70. The number of β-amino-alcohol motifs (C(OH)–C–C–N with tert-alkyl or cyclic N) is 1. The first kappa shape index (κ1) is 11.8. The second-order valence-electron chi connectivity index (χ2n) is 4.14. The van der Waals surface area contributed by atoms with Crippen LogP contribution in [0.5, 0.6) is 5.75 Å². The lowest BCUT2D eigenvalue weighted by atomic mass is 10.1. The fourth-order valence-corrected chi connectivity index (χ4v) is 1.70. The van der Waals surface area contributed by atoms with E-state index in [1.54, 1.807) is 17.6 Å². The maximum Gasteiger partial charge on any atom is 0.274 e. The second-order valence-corrected chi connectivity index (χ2v) is 4.14. The number of carbonyl (C=O) groups excluding carboxylic acids is 1. The van der Waals surface area contributed by atoms with E-state index in [4.69, 9.17) is 9.94 Å². The molecule has 0 radical (unpaired) electrons. The van der Waals surface area contributed by atoms with Gasteiger partial charge in [-0.15, -0.1) is 0 Å². The highest BCUT2D eigenvalue weighted by Gasteiger charge is 2.26. The van der Waals surface area contributed by atoms with Crippen molar-refractivity contribution in [1.29, 1.82) is 0 Å². The van der Waals surface area contributed by atoms with Gasteiger partial charge in [0.25, 0.3) is 5.91 Å². The van der Waals surface area contributed by atoms with Crippen molar-refractivity contribution >= 4 is 5.91 Å². The third-order valence-corrected chi connectivity index (χ3v) is 2.53. The molecule has 0 bridgehead atoms. The number of amides is 1. The van der Waals surface area contributed by atoms with Gasteiger partial charge in [0, 0.05) is 24.6 Å².